The first-order valence-electron chi connectivity index (χ1n) is 10.9. The number of halogens is 1. The van der Waals surface area contributed by atoms with Crippen molar-refractivity contribution < 1.29 is 9.59 Å². The maximum atomic E-state index is 13.2. The van der Waals surface area contributed by atoms with E-state index in [0.29, 0.717) is 22.1 Å². The molecule has 2 N–H and O–H groups in total. The molecule has 1 heterocycles. The topological polar surface area (TPSA) is 84.0 Å². The third kappa shape index (κ3) is 6.15. The molecule has 0 unspecified atom stereocenters. The van der Waals surface area contributed by atoms with E-state index in [1.54, 1.807) is 12.1 Å². The Morgan fingerprint density at radius 1 is 0.912 bits per heavy atom. The molecule has 0 radical (unpaired) electrons. The summed E-state index contributed by atoms with van der Waals surface area (Å²) >= 11 is 4.70. The van der Waals surface area contributed by atoms with E-state index >= 15 is 0 Å². The highest BCUT2D eigenvalue weighted by atomic mass is 79.9. The molecule has 4 aromatic rings. The van der Waals surface area contributed by atoms with Crippen molar-refractivity contribution in [1.82, 2.24) is 15.5 Å². The van der Waals surface area contributed by atoms with Gasteiger partial charge >= 0.3 is 0 Å². The van der Waals surface area contributed by atoms with Crippen LogP contribution in [-0.4, -0.2) is 28.1 Å². The van der Waals surface area contributed by atoms with Gasteiger partial charge < -0.3 is 5.32 Å². The lowest BCUT2D eigenvalue weighted by atomic mass is 10.0. The number of hydrogen-bond acceptors (Lipinski definition) is 5. The summed E-state index contributed by atoms with van der Waals surface area (Å²) in [5, 5.41) is 15.1. The number of nitrogens with zero attached hydrogens (tertiary/aromatic N) is 2. The molecule has 0 fully saturated rings. The number of anilines is 1. The Bertz CT molecular complexity index is 1260. The number of rotatable bonds is 8. The Labute approximate surface area is 210 Å². The van der Waals surface area contributed by atoms with Crippen LogP contribution < -0.4 is 10.6 Å². The Kier molecular flexibility index (Phi) is 7.82. The monoisotopic (exact) mass is 534 g/mol. The minimum Gasteiger partial charge on any atom is -0.340 e. The number of carbonyl (C=O) groups is 2. The van der Waals surface area contributed by atoms with Crippen molar-refractivity contribution in [3.8, 4) is 10.6 Å². The summed E-state index contributed by atoms with van der Waals surface area (Å²) in [4.78, 5) is 26.1. The van der Waals surface area contributed by atoms with Crippen molar-refractivity contribution >= 4 is 44.2 Å². The largest absolute Gasteiger partial charge is 0.340 e. The van der Waals surface area contributed by atoms with Crippen molar-refractivity contribution in [2.75, 3.05) is 5.32 Å². The van der Waals surface area contributed by atoms with Crippen LogP contribution in [0.15, 0.2) is 83.3 Å². The molecule has 0 saturated carbocycles. The number of aryl methyl sites for hydroxylation is 1. The summed E-state index contributed by atoms with van der Waals surface area (Å²) in [5.41, 5.74) is 3.51. The fourth-order valence-electron chi connectivity index (χ4n) is 3.37. The summed E-state index contributed by atoms with van der Waals surface area (Å²) in [6.45, 7) is 2.06. The third-order valence-electron chi connectivity index (χ3n) is 5.28. The number of hydrogen-bond donors (Lipinski definition) is 2. The fraction of sp³-hybridized carbons (Fsp3) is 0.154. The number of nitrogens with one attached hydrogen (secondary N) is 2. The normalized spacial score (nSPS) is 11.6. The molecule has 0 aliphatic carbocycles. The van der Waals surface area contributed by atoms with Gasteiger partial charge in [0.05, 0.1) is 0 Å². The van der Waals surface area contributed by atoms with Crippen molar-refractivity contribution in [3.05, 3.63) is 100 Å². The molecule has 1 atom stereocenters. The minimum atomic E-state index is -0.777. The summed E-state index contributed by atoms with van der Waals surface area (Å²) < 4.78 is 0.970. The average Bonchev–Trinajstić information content (AvgIpc) is 3.33. The van der Waals surface area contributed by atoms with Gasteiger partial charge in [0, 0.05) is 22.0 Å². The van der Waals surface area contributed by atoms with E-state index in [0.717, 1.165) is 27.6 Å². The van der Waals surface area contributed by atoms with Crippen LogP contribution >= 0.6 is 27.3 Å². The molecule has 6 nitrogen and oxygen atoms in total. The molecule has 2 amide bonds. The lowest BCUT2D eigenvalue weighted by Crippen LogP contribution is -2.45. The molecule has 0 saturated heterocycles. The molecule has 1 aromatic heterocycles. The zero-order chi connectivity index (χ0) is 23.9. The maximum Gasteiger partial charge on any atom is 0.251 e. The molecule has 0 spiro atoms. The summed E-state index contributed by atoms with van der Waals surface area (Å²) in [6, 6.07) is 23.9. The number of amides is 2. The van der Waals surface area contributed by atoms with E-state index in [4.69, 9.17) is 0 Å². The second-order valence-electron chi connectivity index (χ2n) is 7.67. The van der Waals surface area contributed by atoms with Crippen LogP contribution in [-0.2, 0) is 17.6 Å². The zero-order valence-electron chi connectivity index (χ0n) is 18.5. The third-order valence-corrected chi connectivity index (χ3v) is 6.69. The van der Waals surface area contributed by atoms with Gasteiger partial charge in [0.2, 0.25) is 11.0 Å². The number of carbonyl (C=O) groups excluding carboxylic acids is 2. The molecule has 0 bridgehead atoms. The smallest absolute Gasteiger partial charge is 0.251 e. The summed E-state index contributed by atoms with van der Waals surface area (Å²) in [5.74, 6) is -0.646. The molecule has 0 aliphatic heterocycles. The Balaban J connectivity index is 1.50. The average molecular weight is 535 g/mol. The van der Waals surface area contributed by atoms with Gasteiger partial charge in [-0.2, -0.15) is 0 Å². The quantitative estimate of drug-likeness (QED) is 0.312. The second-order valence-corrected chi connectivity index (χ2v) is 9.57. The van der Waals surface area contributed by atoms with Crippen molar-refractivity contribution in [2.45, 2.75) is 25.8 Å². The predicted molar refractivity (Wildman–Crippen MR) is 139 cm³/mol. The van der Waals surface area contributed by atoms with Gasteiger partial charge in [-0.25, -0.2) is 0 Å². The van der Waals surface area contributed by atoms with Gasteiger partial charge in [0.1, 0.15) is 11.0 Å². The van der Waals surface area contributed by atoms with E-state index < -0.39 is 6.04 Å². The lowest BCUT2D eigenvalue weighted by Gasteiger charge is -2.18. The first kappa shape index (κ1) is 23.8. The lowest BCUT2D eigenvalue weighted by molar-refractivity contribution is -0.118. The van der Waals surface area contributed by atoms with Crippen molar-refractivity contribution in [2.24, 2.45) is 0 Å². The molecule has 0 aliphatic rings. The summed E-state index contributed by atoms with van der Waals surface area (Å²) in [6.07, 6.45) is 1.24. The van der Waals surface area contributed by atoms with Crippen molar-refractivity contribution in [1.29, 1.82) is 0 Å². The SMILES string of the molecule is CCc1ccc(C(=O)N[C@H](Cc2ccccc2)C(=O)Nc2nnc(-c3ccc(Br)cc3)s2)cc1. The maximum absolute atomic E-state index is 13.2. The van der Waals surface area contributed by atoms with E-state index in [2.05, 4.69) is 43.7 Å². The Hall–Kier alpha value is -3.36. The standard InChI is InChI=1S/C26H23BrN4O2S/c1-2-17-8-10-19(11-9-17)23(32)28-22(16-18-6-4-3-5-7-18)24(33)29-26-31-30-25(34-26)20-12-14-21(27)15-13-20/h3-15,22H,2,16H2,1H3,(H,28,32)(H,29,31,33)/t22-/m1/s1. The van der Waals surface area contributed by atoms with Crippen LogP contribution in [0.5, 0.6) is 0 Å². The molecule has 4 rings (SSSR count). The van der Waals surface area contributed by atoms with E-state index in [-0.39, 0.29) is 11.8 Å². The highest BCUT2D eigenvalue weighted by Gasteiger charge is 2.23. The zero-order valence-corrected chi connectivity index (χ0v) is 20.9. The molecule has 8 heteroatoms. The van der Waals surface area contributed by atoms with Crippen LogP contribution in [0.2, 0.25) is 0 Å². The van der Waals surface area contributed by atoms with Crippen LogP contribution in [0.4, 0.5) is 5.13 Å². The van der Waals surface area contributed by atoms with Gasteiger partial charge in [-0.1, -0.05) is 88.8 Å². The minimum absolute atomic E-state index is 0.299. The van der Waals surface area contributed by atoms with Crippen LogP contribution in [0, 0.1) is 0 Å². The predicted octanol–water partition coefficient (Wildman–Crippen LogP) is 5.51. The second kappa shape index (κ2) is 11.2. The van der Waals surface area contributed by atoms with Gasteiger partial charge in [-0.15, -0.1) is 10.2 Å². The van der Waals surface area contributed by atoms with Gasteiger partial charge in [-0.05, 0) is 41.8 Å². The highest BCUT2D eigenvalue weighted by Crippen LogP contribution is 2.27. The van der Waals surface area contributed by atoms with Gasteiger partial charge in [-0.3, -0.25) is 14.9 Å². The molecule has 172 valence electrons. The van der Waals surface area contributed by atoms with Crippen LogP contribution in [0.3, 0.4) is 0 Å². The van der Waals surface area contributed by atoms with Crippen molar-refractivity contribution in [3.63, 3.8) is 0 Å². The van der Waals surface area contributed by atoms with Crippen LogP contribution in [0.25, 0.3) is 10.6 Å². The Morgan fingerprint density at radius 2 is 1.62 bits per heavy atom. The van der Waals surface area contributed by atoms with Gasteiger partial charge in [0.25, 0.3) is 5.91 Å². The number of aromatic nitrogens is 2. The Morgan fingerprint density at radius 3 is 2.29 bits per heavy atom. The van der Waals surface area contributed by atoms with Gasteiger partial charge in [0.15, 0.2) is 0 Å². The number of benzene rings is 3. The molecular formula is C26H23BrN4O2S. The molecular weight excluding hydrogens is 512 g/mol. The van der Waals surface area contributed by atoms with E-state index in [9.17, 15) is 9.59 Å². The van der Waals surface area contributed by atoms with E-state index in [1.165, 1.54) is 11.3 Å². The fourth-order valence-corrected chi connectivity index (χ4v) is 4.38. The van der Waals surface area contributed by atoms with Crippen LogP contribution in [0.1, 0.15) is 28.4 Å². The van der Waals surface area contributed by atoms with E-state index in [1.807, 2.05) is 66.7 Å². The molecule has 3 aromatic carbocycles. The molecule has 34 heavy (non-hydrogen) atoms. The highest BCUT2D eigenvalue weighted by molar-refractivity contribution is 9.10. The first-order chi connectivity index (χ1) is 16.5. The summed E-state index contributed by atoms with van der Waals surface area (Å²) in [7, 11) is 0. The first-order valence-corrected chi connectivity index (χ1v) is 12.5.